The second-order valence-corrected chi connectivity index (χ2v) is 3.86. The van der Waals surface area contributed by atoms with Crippen LogP contribution in [0, 0.1) is 13.8 Å². The quantitative estimate of drug-likeness (QED) is 0.765. The van der Waals surface area contributed by atoms with Crippen LogP contribution in [-0.4, -0.2) is 13.6 Å². The summed E-state index contributed by atoms with van der Waals surface area (Å²) in [7, 11) is 1.95. The predicted octanol–water partition coefficient (Wildman–Crippen LogP) is 1.91. The number of rotatable bonds is 4. The van der Waals surface area contributed by atoms with E-state index in [0.717, 1.165) is 13.0 Å². The number of nitrogens with two attached hydrogens (primary N) is 1. The Labute approximate surface area is 86.5 Å². The van der Waals surface area contributed by atoms with Gasteiger partial charge in [0, 0.05) is 6.04 Å². The van der Waals surface area contributed by atoms with E-state index in [4.69, 9.17) is 5.73 Å². The third-order valence-electron chi connectivity index (χ3n) is 2.54. The Hall–Kier alpha value is -0.860. The molecule has 0 aromatic heterocycles. The van der Waals surface area contributed by atoms with E-state index in [2.05, 4.69) is 37.4 Å². The molecule has 14 heavy (non-hydrogen) atoms. The van der Waals surface area contributed by atoms with Gasteiger partial charge in [-0.2, -0.15) is 0 Å². The minimum absolute atomic E-state index is 0.155. The van der Waals surface area contributed by atoms with E-state index >= 15 is 0 Å². The number of benzene rings is 1. The molecule has 1 aromatic rings. The van der Waals surface area contributed by atoms with E-state index in [0.29, 0.717) is 0 Å². The summed E-state index contributed by atoms with van der Waals surface area (Å²) in [4.78, 5) is 0. The van der Waals surface area contributed by atoms with Gasteiger partial charge in [-0.1, -0.05) is 23.8 Å². The maximum atomic E-state index is 6.11. The first-order valence-corrected chi connectivity index (χ1v) is 5.12. The minimum Gasteiger partial charge on any atom is -0.324 e. The van der Waals surface area contributed by atoms with Crippen molar-refractivity contribution >= 4 is 0 Å². The molecule has 0 heterocycles. The molecule has 1 rings (SSSR count). The highest BCUT2D eigenvalue weighted by molar-refractivity contribution is 5.32. The molecule has 1 aromatic carbocycles. The van der Waals surface area contributed by atoms with Crippen molar-refractivity contribution in [3.05, 3.63) is 34.9 Å². The van der Waals surface area contributed by atoms with Crippen molar-refractivity contribution in [2.45, 2.75) is 26.3 Å². The Bertz CT molecular complexity index is 294. The van der Waals surface area contributed by atoms with Crippen LogP contribution in [-0.2, 0) is 0 Å². The lowest BCUT2D eigenvalue weighted by atomic mass is 9.97. The summed E-state index contributed by atoms with van der Waals surface area (Å²) in [6.45, 7) is 5.19. The third kappa shape index (κ3) is 2.82. The Kier molecular flexibility index (Phi) is 4.11. The molecule has 0 aliphatic carbocycles. The van der Waals surface area contributed by atoms with Crippen molar-refractivity contribution in [1.82, 2.24) is 5.32 Å². The van der Waals surface area contributed by atoms with Crippen molar-refractivity contribution in [3.63, 3.8) is 0 Å². The highest BCUT2D eigenvalue weighted by Gasteiger charge is 2.07. The monoisotopic (exact) mass is 192 g/mol. The van der Waals surface area contributed by atoms with Gasteiger partial charge >= 0.3 is 0 Å². The molecule has 0 bridgehead atoms. The molecule has 1 unspecified atom stereocenters. The zero-order valence-electron chi connectivity index (χ0n) is 9.30. The average molecular weight is 192 g/mol. The van der Waals surface area contributed by atoms with Crippen molar-refractivity contribution in [2.75, 3.05) is 13.6 Å². The predicted molar refractivity (Wildman–Crippen MR) is 61.4 cm³/mol. The first-order chi connectivity index (χ1) is 6.65. The molecule has 0 aliphatic heterocycles. The van der Waals surface area contributed by atoms with E-state index in [9.17, 15) is 0 Å². The van der Waals surface area contributed by atoms with Gasteiger partial charge in [-0.15, -0.1) is 0 Å². The summed E-state index contributed by atoms with van der Waals surface area (Å²) >= 11 is 0. The van der Waals surface area contributed by atoms with Crippen LogP contribution < -0.4 is 11.1 Å². The summed E-state index contributed by atoms with van der Waals surface area (Å²) in [5.41, 5.74) is 9.96. The molecule has 0 aliphatic rings. The Morgan fingerprint density at radius 1 is 1.36 bits per heavy atom. The van der Waals surface area contributed by atoms with Crippen molar-refractivity contribution in [1.29, 1.82) is 0 Å². The van der Waals surface area contributed by atoms with Crippen LogP contribution >= 0.6 is 0 Å². The zero-order valence-corrected chi connectivity index (χ0v) is 9.30. The SMILES string of the molecule is CNCCC(N)c1cc(C)ccc1C. The van der Waals surface area contributed by atoms with Crippen molar-refractivity contribution < 1.29 is 0 Å². The molecule has 1 atom stereocenters. The van der Waals surface area contributed by atoms with Gasteiger partial charge in [0.1, 0.15) is 0 Å². The zero-order chi connectivity index (χ0) is 10.6. The van der Waals surface area contributed by atoms with E-state index < -0.39 is 0 Å². The molecule has 0 amide bonds. The molecule has 0 saturated heterocycles. The molecule has 0 spiro atoms. The second-order valence-electron chi connectivity index (χ2n) is 3.86. The Balaban J connectivity index is 2.77. The van der Waals surface area contributed by atoms with Crippen LogP contribution in [0.2, 0.25) is 0 Å². The van der Waals surface area contributed by atoms with Crippen LogP contribution in [0.5, 0.6) is 0 Å². The average Bonchev–Trinajstić information content (AvgIpc) is 2.18. The molecule has 2 nitrogen and oxygen atoms in total. The molecular formula is C12H20N2. The van der Waals surface area contributed by atoms with Gasteiger partial charge in [-0.25, -0.2) is 0 Å². The molecular weight excluding hydrogens is 172 g/mol. The second kappa shape index (κ2) is 5.13. The van der Waals surface area contributed by atoms with Crippen LogP contribution in [0.3, 0.4) is 0 Å². The van der Waals surface area contributed by atoms with E-state index in [1.54, 1.807) is 0 Å². The van der Waals surface area contributed by atoms with Crippen LogP contribution in [0.4, 0.5) is 0 Å². The summed E-state index contributed by atoms with van der Waals surface area (Å²) in [5, 5.41) is 3.12. The highest BCUT2D eigenvalue weighted by Crippen LogP contribution is 2.19. The fourth-order valence-electron chi connectivity index (χ4n) is 1.61. The summed E-state index contributed by atoms with van der Waals surface area (Å²) in [6.07, 6.45) is 0.987. The number of hydrogen-bond acceptors (Lipinski definition) is 2. The van der Waals surface area contributed by atoms with Gasteiger partial charge in [0.15, 0.2) is 0 Å². The highest BCUT2D eigenvalue weighted by atomic mass is 14.8. The van der Waals surface area contributed by atoms with E-state index in [-0.39, 0.29) is 6.04 Å². The Morgan fingerprint density at radius 3 is 2.71 bits per heavy atom. The fraction of sp³-hybridized carbons (Fsp3) is 0.500. The lowest BCUT2D eigenvalue weighted by molar-refractivity contribution is 0.613. The molecule has 78 valence electrons. The number of aryl methyl sites for hydroxylation is 2. The maximum absolute atomic E-state index is 6.11. The normalized spacial score (nSPS) is 12.9. The van der Waals surface area contributed by atoms with Gasteiger partial charge < -0.3 is 11.1 Å². The summed E-state index contributed by atoms with van der Waals surface area (Å²) in [6, 6.07) is 6.62. The van der Waals surface area contributed by atoms with Crippen molar-refractivity contribution in [2.24, 2.45) is 5.73 Å². The molecule has 3 N–H and O–H groups in total. The minimum atomic E-state index is 0.155. The van der Waals surface area contributed by atoms with Gasteiger partial charge in [-0.05, 0) is 45.0 Å². The van der Waals surface area contributed by atoms with E-state index in [1.807, 2.05) is 7.05 Å². The van der Waals surface area contributed by atoms with Gasteiger partial charge in [-0.3, -0.25) is 0 Å². The Morgan fingerprint density at radius 2 is 2.07 bits per heavy atom. The number of hydrogen-bond donors (Lipinski definition) is 2. The third-order valence-corrected chi connectivity index (χ3v) is 2.54. The molecule has 0 radical (unpaired) electrons. The van der Waals surface area contributed by atoms with E-state index in [1.165, 1.54) is 16.7 Å². The van der Waals surface area contributed by atoms with Crippen molar-refractivity contribution in [3.8, 4) is 0 Å². The molecule has 0 saturated carbocycles. The van der Waals surface area contributed by atoms with Crippen LogP contribution in [0.1, 0.15) is 29.2 Å². The first-order valence-electron chi connectivity index (χ1n) is 5.12. The van der Waals surface area contributed by atoms with Gasteiger partial charge in [0.25, 0.3) is 0 Å². The standard InChI is InChI=1S/C12H20N2/c1-9-4-5-10(2)11(8-9)12(13)6-7-14-3/h4-5,8,12,14H,6-7,13H2,1-3H3. The molecule has 0 fully saturated rings. The maximum Gasteiger partial charge on any atom is 0.0309 e. The number of nitrogens with one attached hydrogen (secondary N) is 1. The lowest BCUT2D eigenvalue weighted by Gasteiger charge is -2.15. The summed E-state index contributed by atoms with van der Waals surface area (Å²) < 4.78 is 0. The van der Waals surface area contributed by atoms with Crippen LogP contribution in [0.15, 0.2) is 18.2 Å². The van der Waals surface area contributed by atoms with Crippen LogP contribution in [0.25, 0.3) is 0 Å². The lowest BCUT2D eigenvalue weighted by Crippen LogP contribution is -2.18. The topological polar surface area (TPSA) is 38.0 Å². The fourth-order valence-corrected chi connectivity index (χ4v) is 1.61. The smallest absolute Gasteiger partial charge is 0.0309 e. The van der Waals surface area contributed by atoms with Gasteiger partial charge in [0.05, 0.1) is 0 Å². The largest absolute Gasteiger partial charge is 0.324 e. The molecule has 2 heteroatoms. The first kappa shape index (κ1) is 11.2. The van der Waals surface area contributed by atoms with Gasteiger partial charge in [0.2, 0.25) is 0 Å². The summed E-state index contributed by atoms with van der Waals surface area (Å²) in [5.74, 6) is 0.